The summed E-state index contributed by atoms with van der Waals surface area (Å²) in [5.41, 5.74) is -0.406. The molecule has 0 spiro atoms. The van der Waals surface area contributed by atoms with E-state index in [9.17, 15) is 4.79 Å². The number of halogens is 1. The van der Waals surface area contributed by atoms with E-state index in [0.29, 0.717) is 6.42 Å². The predicted octanol–water partition coefficient (Wildman–Crippen LogP) is 1.91. The van der Waals surface area contributed by atoms with E-state index in [1.54, 1.807) is 6.92 Å². The maximum absolute atomic E-state index is 11.0. The van der Waals surface area contributed by atoms with Crippen molar-refractivity contribution in [2.24, 2.45) is 5.41 Å². The van der Waals surface area contributed by atoms with Crippen LogP contribution >= 0.6 is 11.6 Å². The highest BCUT2D eigenvalue weighted by atomic mass is 35.5. The molecule has 1 rings (SSSR count). The number of hydrogen-bond acceptors (Lipinski definition) is 2. The number of alkyl halides is 1. The molecule has 0 saturated carbocycles. The molecule has 10 heavy (non-hydrogen) atoms. The molecule has 0 aromatic carbocycles. The molecule has 0 aromatic heterocycles. The fraction of sp³-hybridized carbons (Fsp3) is 0.857. The molecule has 0 N–H and O–H groups in total. The lowest BCUT2D eigenvalue weighted by atomic mass is 9.90. The van der Waals surface area contributed by atoms with Crippen LogP contribution in [0.15, 0.2) is 0 Å². The summed E-state index contributed by atoms with van der Waals surface area (Å²) in [6, 6.07) is 0. The zero-order valence-electron chi connectivity index (χ0n) is 6.40. The first-order valence-corrected chi connectivity index (χ1v) is 3.64. The first-order valence-electron chi connectivity index (χ1n) is 3.26. The SMILES string of the molecule is CC1(Cl)CC(C)(C)C(=O)O1. The Kier molecular flexibility index (Phi) is 1.48. The van der Waals surface area contributed by atoms with Crippen LogP contribution in [0.2, 0.25) is 0 Å². The van der Waals surface area contributed by atoms with Crippen LogP contribution in [-0.2, 0) is 9.53 Å². The highest BCUT2D eigenvalue weighted by Gasteiger charge is 2.47. The molecule has 1 unspecified atom stereocenters. The first-order chi connectivity index (χ1) is 4.33. The molecule has 1 aliphatic rings. The zero-order valence-corrected chi connectivity index (χ0v) is 7.16. The standard InChI is InChI=1S/C7H11ClO2/c1-6(2)4-7(3,8)10-5(6)9/h4H2,1-3H3. The molecule has 1 atom stereocenters. The van der Waals surface area contributed by atoms with E-state index >= 15 is 0 Å². The molecule has 1 heterocycles. The van der Waals surface area contributed by atoms with Crippen LogP contribution in [0.4, 0.5) is 0 Å². The lowest BCUT2D eigenvalue weighted by Crippen LogP contribution is -2.16. The normalized spacial score (nSPS) is 37.8. The minimum absolute atomic E-state index is 0.204. The molecule has 3 heteroatoms. The third-order valence-electron chi connectivity index (χ3n) is 1.62. The van der Waals surface area contributed by atoms with Gasteiger partial charge in [-0.15, -0.1) is 0 Å². The van der Waals surface area contributed by atoms with Gasteiger partial charge in [0, 0.05) is 6.42 Å². The number of ether oxygens (including phenoxy) is 1. The Morgan fingerprint density at radius 3 is 2.10 bits per heavy atom. The average Bonchev–Trinajstić information content (AvgIpc) is 1.73. The lowest BCUT2D eigenvalue weighted by molar-refractivity contribution is -0.148. The predicted molar refractivity (Wildman–Crippen MR) is 38.7 cm³/mol. The fourth-order valence-electron chi connectivity index (χ4n) is 1.23. The lowest BCUT2D eigenvalue weighted by Gasteiger charge is -2.12. The van der Waals surface area contributed by atoms with E-state index in [2.05, 4.69) is 0 Å². The third-order valence-corrected chi connectivity index (χ3v) is 1.83. The van der Waals surface area contributed by atoms with Gasteiger partial charge in [-0.25, -0.2) is 0 Å². The minimum atomic E-state index is -0.777. The molecule has 0 aromatic rings. The number of rotatable bonds is 0. The molecule has 1 aliphatic heterocycles. The summed E-state index contributed by atoms with van der Waals surface area (Å²) in [4.78, 5) is 11.0. The summed E-state index contributed by atoms with van der Waals surface area (Å²) in [7, 11) is 0. The number of cyclic esters (lactones) is 1. The number of carbonyl (C=O) groups excluding carboxylic acids is 1. The van der Waals surface area contributed by atoms with Gasteiger partial charge in [-0.1, -0.05) is 11.6 Å². The second-order valence-corrected chi connectivity index (χ2v) is 4.35. The molecule has 0 bridgehead atoms. The van der Waals surface area contributed by atoms with Crippen molar-refractivity contribution in [3.63, 3.8) is 0 Å². The molecule has 0 aliphatic carbocycles. The number of carbonyl (C=O) groups is 1. The van der Waals surface area contributed by atoms with Gasteiger partial charge in [0.2, 0.25) is 0 Å². The van der Waals surface area contributed by atoms with Crippen LogP contribution in [0.3, 0.4) is 0 Å². The van der Waals surface area contributed by atoms with Crippen LogP contribution in [0.5, 0.6) is 0 Å². The van der Waals surface area contributed by atoms with Crippen molar-refractivity contribution in [1.29, 1.82) is 0 Å². The number of esters is 1. The van der Waals surface area contributed by atoms with Gasteiger partial charge in [0.25, 0.3) is 0 Å². The molecule has 2 nitrogen and oxygen atoms in total. The fourth-order valence-corrected chi connectivity index (χ4v) is 1.63. The van der Waals surface area contributed by atoms with Crippen molar-refractivity contribution in [1.82, 2.24) is 0 Å². The Balaban J connectivity index is 2.81. The van der Waals surface area contributed by atoms with E-state index in [1.165, 1.54) is 0 Å². The van der Waals surface area contributed by atoms with Gasteiger partial charge in [0.15, 0.2) is 5.06 Å². The van der Waals surface area contributed by atoms with E-state index in [1.807, 2.05) is 13.8 Å². The van der Waals surface area contributed by atoms with Gasteiger partial charge in [-0.05, 0) is 20.8 Å². The number of hydrogen-bond donors (Lipinski definition) is 0. The highest BCUT2D eigenvalue weighted by Crippen LogP contribution is 2.41. The van der Waals surface area contributed by atoms with Crippen LogP contribution in [-0.4, -0.2) is 11.0 Å². The van der Waals surface area contributed by atoms with Crippen LogP contribution in [0.25, 0.3) is 0 Å². The third kappa shape index (κ3) is 1.26. The van der Waals surface area contributed by atoms with Gasteiger partial charge in [-0.2, -0.15) is 0 Å². The second-order valence-electron chi connectivity index (χ2n) is 3.55. The average molecular weight is 163 g/mol. The van der Waals surface area contributed by atoms with Crippen molar-refractivity contribution < 1.29 is 9.53 Å². The van der Waals surface area contributed by atoms with E-state index < -0.39 is 10.5 Å². The van der Waals surface area contributed by atoms with Gasteiger partial charge in [0.1, 0.15) is 0 Å². The van der Waals surface area contributed by atoms with Crippen LogP contribution in [0, 0.1) is 5.41 Å². The Hall–Kier alpha value is -0.240. The Morgan fingerprint density at radius 1 is 1.50 bits per heavy atom. The maximum atomic E-state index is 11.0. The van der Waals surface area contributed by atoms with Crippen molar-refractivity contribution >= 4 is 17.6 Å². The molecule has 0 amide bonds. The van der Waals surface area contributed by atoms with Crippen molar-refractivity contribution in [2.45, 2.75) is 32.3 Å². The molecular weight excluding hydrogens is 152 g/mol. The van der Waals surface area contributed by atoms with Gasteiger partial charge in [0.05, 0.1) is 5.41 Å². The van der Waals surface area contributed by atoms with Crippen molar-refractivity contribution in [3.8, 4) is 0 Å². The van der Waals surface area contributed by atoms with Crippen molar-refractivity contribution in [3.05, 3.63) is 0 Å². The molecule has 1 saturated heterocycles. The quantitative estimate of drug-likeness (QED) is 0.402. The maximum Gasteiger partial charge on any atom is 0.313 e. The second kappa shape index (κ2) is 1.88. The molecule has 58 valence electrons. The smallest absolute Gasteiger partial charge is 0.313 e. The summed E-state index contributed by atoms with van der Waals surface area (Å²) >= 11 is 5.80. The molecule has 0 radical (unpaired) electrons. The topological polar surface area (TPSA) is 26.3 Å². The summed E-state index contributed by atoms with van der Waals surface area (Å²) in [5, 5.41) is -0.777. The summed E-state index contributed by atoms with van der Waals surface area (Å²) < 4.78 is 4.89. The highest BCUT2D eigenvalue weighted by molar-refractivity contribution is 6.24. The summed E-state index contributed by atoms with van der Waals surface area (Å²) in [5.74, 6) is -0.204. The summed E-state index contributed by atoms with van der Waals surface area (Å²) in [6.07, 6.45) is 0.584. The van der Waals surface area contributed by atoms with E-state index in [-0.39, 0.29) is 5.97 Å². The van der Waals surface area contributed by atoms with Crippen molar-refractivity contribution in [2.75, 3.05) is 0 Å². The van der Waals surface area contributed by atoms with Crippen LogP contribution in [0.1, 0.15) is 27.2 Å². The van der Waals surface area contributed by atoms with E-state index in [0.717, 1.165) is 0 Å². The Labute approximate surface area is 65.5 Å². The zero-order chi connectivity index (χ0) is 7.99. The largest absolute Gasteiger partial charge is 0.443 e. The monoisotopic (exact) mass is 162 g/mol. The molecular formula is C7H11ClO2. The Morgan fingerprint density at radius 2 is 2.00 bits per heavy atom. The van der Waals surface area contributed by atoms with Crippen LogP contribution < -0.4 is 0 Å². The van der Waals surface area contributed by atoms with Gasteiger partial charge in [-0.3, -0.25) is 4.79 Å². The minimum Gasteiger partial charge on any atom is -0.443 e. The first kappa shape index (κ1) is 7.86. The Bertz CT molecular complexity index is 172. The van der Waals surface area contributed by atoms with Gasteiger partial charge >= 0.3 is 5.97 Å². The van der Waals surface area contributed by atoms with E-state index in [4.69, 9.17) is 16.3 Å². The molecule has 1 fully saturated rings. The van der Waals surface area contributed by atoms with Gasteiger partial charge < -0.3 is 4.74 Å². The summed E-state index contributed by atoms with van der Waals surface area (Å²) in [6.45, 7) is 5.38.